The van der Waals surface area contributed by atoms with Gasteiger partial charge >= 0.3 is 0 Å². The number of aliphatic hydroxyl groups excluding tert-OH is 1. The van der Waals surface area contributed by atoms with E-state index in [2.05, 4.69) is 15.6 Å². The highest BCUT2D eigenvalue weighted by molar-refractivity contribution is 7.18. The lowest BCUT2D eigenvalue weighted by molar-refractivity contribution is 0.0933. The average Bonchev–Trinajstić information content (AvgIpc) is 2.68. The van der Waals surface area contributed by atoms with Gasteiger partial charge in [0.15, 0.2) is 5.13 Å². The monoisotopic (exact) mass is 272 g/mol. The molecule has 1 heterocycles. The summed E-state index contributed by atoms with van der Waals surface area (Å²) in [6.07, 6.45) is 0.632. The molecule has 0 bridgehead atoms. The number of anilines is 2. The van der Waals surface area contributed by atoms with E-state index in [1.165, 1.54) is 11.3 Å². The lowest BCUT2D eigenvalue weighted by Gasteiger charge is -2.23. The van der Waals surface area contributed by atoms with Crippen LogP contribution in [0.1, 0.15) is 29.9 Å². The number of hydrogen-bond donors (Lipinski definition) is 4. The lowest BCUT2D eigenvalue weighted by atomic mass is 9.90. The molecule has 0 aromatic carbocycles. The molecular weight excluding hydrogens is 252 g/mol. The maximum atomic E-state index is 11.9. The van der Waals surface area contributed by atoms with Crippen LogP contribution in [0, 0.1) is 5.41 Å². The van der Waals surface area contributed by atoms with Crippen LogP contribution in [0.4, 0.5) is 10.9 Å². The number of amides is 1. The van der Waals surface area contributed by atoms with Crippen molar-refractivity contribution >= 4 is 28.2 Å². The fourth-order valence-corrected chi connectivity index (χ4v) is 2.15. The summed E-state index contributed by atoms with van der Waals surface area (Å²) >= 11 is 1.22. The number of nitrogen functional groups attached to an aromatic ring is 1. The van der Waals surface area contributed by atoms with Gasteiger partial charge in [0.1, 0.15) is 10.7 Å². The zero-order chi connectivity index (χ0) is 13.8. The molecule has 5 N–H and O–H groups in total. The standard InChI is InChI=1S/C11H20N4O2S/c1-11(2,4-5-16)6-14-9(17)7-8(12)15-10(13-3)18-7/h16H,4-6,12H2,1-3H3,(H,13,15)(H,14,17). The minimum Gasteiger partial charge on any atom is -0.396 e. The molecule has 0 fully saturated rings. The van der Waals surface area contributed by atoms with E-state index in [4.69, 9.17) is 10.8 Å². The minimum atomic E-state index is -0.225. The largest absolute Gasteiger partial charge is 0.396 e. The SMILES string of the molecule is CNc1nc(N)c(C(=O)NCC(C)(C)CCO)s1. The number of carbonyl (C=O) groups excluding carboxylic acids is 1. The van der Waals surface area contributed by atoms with Crippen molar-refractivity contribution in [2.45, 2.75) is 20.3 Å². The van der Waals surface area contributed by atoms with Gasteiger partial charge in [0, 0.05) is 20.2 Å². The van der Waals surface area contributed by atoms with Crippen LogP contribution in [0.15, 0.2) is 0 Å². The van der Waals surface area contributed by atoms with Crippen molar-refractivity contribution in [3.05, 3.63) is 4.88 Å². The van der Waals surface area contributed by atoms with Crippen molar-refractivity contribution < 1.29 is 9.90 Å². The van der Waals surface area contributed by atoms with Crippen molar-refractivity contribution in [3.63, 3.8) is 0 Å². The first-order chi connectivity index (χ1) is 8.39. The van der Waals surface area contributed by atoms with E-state index in [1.807, 2.05) is 13.8 Å². The molecule has 1 aromatic rings. The highest BCUT2D eigenvalue weighted by atomic mass is 32.1. The van der Waals surface area contributed by atoms with Gasteiger partial charge in [0.05, 0.1) is 0 Å². The first kappa shape index (κ1) is 14.7. The molecular formula is C11H20N4O2S. The molecule has 6 nitrogen and oxygen atoms in total. The molecule has 7 heteroatoms. The molecule has 0 saturated carbocycles. The van der Waals surface area contributed by atoms with Gasteiger partial charge in [0.25, 0.3) is 5.91 Å². The predicted octanol–water partition coefficient (Wildman–Crippen LogP) is 0.905. The number of nitrogens with one attached hydrogen (secondary N) is 2. The number of thiazole rings is 1. The topological polar surface area (TPSA) is 100 Å². The van der Waals surface area contributed by atoms with Crippen LogP contribution in [0.25, 0.3) is 0 Å². The first-order valence-electron chi connectivity index (χ1n) is 5.73. The van der Waals surface area contributed by atoms with Gasteiger partial charge < -0.3 is 21.5 Å². The molecule has 0 aliphatic rings. The van der Waals surface area contributed by atoms with Gasteiger partial charge in [-0.15, -0.1) is 0 Å². The predicted molar refractivity (Wildman–Crippen MR) is 73.9 cm³/mol. The summed E-state index contributed by atoms with van der Waals surface area (Å²) < 4.78 is 0. The highest BCUT2D eigenvalue weighted by Gasteiger charge is 2.21. The van der Waals surface area contributed by atoms with Crippen LogP contribution in [0.5, 0.6) is 0 Å². The molecule has 0 unspecified atom stereocenters. The van der Waals surface area contributed by atoms with E-state index in [1.54, 1.807) is 7.05 Å². The Morgan fingerprint density at radius 3 is 2.72 bits per heavy atom. The van der Waals surface area contributed by atoms with Crippen LogP contribution in [0.3, 0.4) is 0 Å². The molecule has 0 radical (unpaired) electrons. The summed E-state index contributed by atoms with van der Waals surface area (Å²) in [6.45, 7) is 4.56. The highest BCUT2D eigenvalue weighted by Crippen LogP contribution is 2.25. The van der Waals surface area contributed by atoms with Crippen LogP contribution >= 0.6 is 11.3 Å². The second kappa shape index (κ2) is 6.01. The van der Waals surface area contributed by atoms with E-state index in [-0.39, 0.29) is 23.7 Å². The Hall–Kier alpha value is -1.34. The van der Waals surface area contributed by atoms with Crippen LogP contribution in [0.2, 0.25) is 0 Å². The van der Waals surface area contributed by atoms with Crippen LogP contribution < -0.4 is 16.4 Å². The molecule has 0 spiro atoms. The maximum Gasteiger partial charge on any atom is 0.265 e. The Bertz CT molecular complexity index is 417. The fraction of sp³-hybridized carbons (Fsp3) is 0.636. The summed E-state index contributed by atoms with van der Waals surface area (Å²) in [5, 5.41) is 15.2. The molecule has 0 aliphatic carbocycles. The van der Waals surface area contributed by atoms with Gasteiger partial charge in [-0.25, -0.2) is 4.98 Å². The zero-order valence-corrected chi connectivity index (χ0v) is 11.7. The maximum absolute atomic E-state index is 11.9. The van der Waals surface area contributed by atoms with Gasteiger partial charge in [-0.05, 0) is 11.8 Å². The van der Waals surface area contributed by atoms with Crippen molar-refractivity contribution in [3.8, 4) is 0 Å². The lowest BCUT2D eigenvalue weighted by Crippen LogP contribution is -2.34. The number of rotatable bonds is 6. The molecule has 0 aliphatic heterocycles. The summed E-state index contributed by atoms with van der Waals surface area (Å²) in [4.78, 5) is 16.4. The number of nitrogens with zero attached hydrogens (tertiary/aromatic N) is 1. The van der Waals surface area contributed by atoms with Crippen molar-refractivity contribution in [2.75, 3.05) is 31.2 Å². The third kappa shape index (κ3) is 3.85. The molecule has 0 saturated heterocycles. The summed E-state index contributed by atoms with van der Waals surface area (Å²) in [6, 6.07) is 0. The Morgan fingerprint density at radius 2 is 2.22 bits per heavy atom. The van der Waals surface area contributed by atoms with Gasteiger partial charge in [-0.1, -0.05) is 25.2 Å². The molecule has 18 heavy (non-hydrogen) atoms. The van der Waals surface area contributed by atoms with E-state index in [9.17, 15) is 4.79 Å². The quantitative estimate of drug-likeness (QED) is 0.616. The Morgan fingerprint density at radius 1 is 1.56 bits per heavy atom. The molecule has 1 aromatic heterocycles. The van der Waals surface area contributed by atoms with Crippen molar-refractivity contribution in [1.29, 1.82) is 0 Å². The summed E-state index contributed by atoms with van der Waals surface area (Å²) in [5.74, 6) is 0.0133. The fourth-order valence-electron chi connectivity index (χ4n) is 1.39. The normalized spacial score (nSPS) is 11.3. The van der Waals surface area contributed by atoms with E-state index in [0.29, 0.717) is 23.0 Å². The third-order valence-electron chi connectivity index (χ3n) is 2.59. The Kier molecular flexibility index (Phi) is 4.92. The summed E-state index contributed by atoms with van der Waals surface area (Å²) in [5.41, 5.74) is 5.53. The first-order valence-corrected chi connectivity index (χ1v) is 6.54. The number of aliphatic hydroxyl groups is 1. The third-order valence-corrected chi connectivity index (χ3v) is 3.68. The molecule has 1 rings (SSSR count). The Balaban J connectivity index is 2.62. The number of nitrogens with two attached hydrogens (primary N) is 1. The number of carbonyl (C=O) groups is 1. The van der Waals surface area contributed by atoms with Crippen molar-refractivity contribution in [2.24, 2.45) is 5.41 Å². The van der Waals surface area contributed by atoms with E-state index >= 15 is 0 Å². The second-order valence-electron chi connectivity index (χ2n) is 4.80. The van der Waals surface area contributed by atoms with Crippen LogP contribution in [-0.4, -0.2) is 36.2 Å². The zero-order valence-electron chi connectivity index (χ0n) is 10.9. The summed E-state index contributed by atoms with van der Waals surface area (Å²) in [7, 11) is 1.73. The Labute approximate surface area is 111 Å². The molecule has 102 valence electrons. The van der Waals surface area contributed by atoms with Gasteiger partial charge in [-0.2, -0.15) is 0 Å². The van der Waals surface area contributed by atoms with Gasteiger partial charge in [0.2, 0.25) is 0 Å². The number of hydrogen-bond acceptors (Lipinski definition) is 6. The molecule has 0 atom stereocenters. The minimum absolute atomic E-state index is 0.107. The average molecular weight is 272 g/mol. The van der Waals surface area contributed by atoms with Crippen molar-refractivity contribution in [1.82, 2.24) is 10.3 Å². The molecule has 1 amide bonds. The smallest absolute Gasteiger partial charge is 0.265 e. The second-order valence-corrected chi connectivity index (χ2v) is 5.80. The van der Waals surface area contributed by atoms with E-state index < -0.39 is 0 Å². The number of aromatic nitrogens is 1. The van der Waals surface area contributed by atoms with E-state index in [0.717, 1.165) is 0 Å². The van der Waals surface area contributed by atoms with Gasteiger partial charge in [-0.3, -0.25) is 4.79 Å². The van der Waals surface area contributed by atoms with Crippen LogP contribution in [-0.2, 0) is 0 Å².